The van der Waals surface area contributed by atoms with Gasteiger partial charge in [0, 0.05) is 54.8 Å². The van der Waals surface area contributed by atoms with Crippen molar-refractivity contribution >= 4 is 51.7 Å². The van der Waals surface area contributed by atoms with Crippen LogP contribution in [0, 0.1) is 0 Å². The molecule has 0 radical (unpaired) electrons. The Hall–Kier alpha value is -4.40. The standard InChI is InChI=1S/C36H32N4O2S2/c1-39(2)33(42)20-23-40-30-10-5-6-11-32(30)43-34(40)19-17-27-14-13-26(35(27)44-36-37-21-7-22-38-36)16-18-31(41)29-15-12-25-8-3-4-9-28(25)24-29/h3-12,15-19,21-22,24H,13-14,20,23H2,1-2H3/b18-16+,27-17+,34-19-. The molecule has 0 saturated carbocycles. The summed E-state index contributed by atoms with van der Waals surface area (Å²) in [7, 11) is 3.58. The Labute approximate surface area is 266 Å². The molecule has 1 aliphatic heterocycles. The van der Waals surface area contributed by atoms with Crippen LogP contribution in [0.25, 0.3) is 10.8 Å². The highest BCUT2D eigenvalue weighted by Gasteiger charge is 2.26. The lowest BCUT2D eigenvalue weighted by atomic mass is 10.0. The molecule has 2 aliphatic rings. The SMILES string of the molecule is CN(C)C(=O)CCN1/C(=C/C=C2\CCC(/C=C/C(=O)c3ccc4ccccc4c3)=C2Sc2ncccn2)Sc2ccccc21. The molecule has 4 aromatic rings. The summed E-state index contributed by atoms with van der Waals surface area (Å²) in [5.41, 5.74) is 4.06. The lowest BCUT2D eigenvalue weighted by molar-refractivity contribution is -0.128. The Kier molecular flexibility index (Phi) is 9.09. The van der Waals surface area contributed by atoms with Gasteiger partial charge in [0.2, 0.25) is 5.91 Å². The van der Waals surface area contributed by atoms with Gasteiger partial charge in [0.25, 0.3) is 0 Å². The van der Waals surface area contributed by atoms with Gasteiger partial charge in [-0.2, -0.15) is 0 Å². The van der Waals surface area contributed by atoms with E-state index in [0.29, 0.717) is 23.7 Å². The summed E-state index contributed by atoms with van der Waals surface area (Å²) < 4.78 is 0. The molecule has 0 atom stereocenters. The molecule has 44 heavy (non-hydrogen) atoms. The number of benzene rings is 3. The smallest absolute Gasteiger partial charge is 0.223 e. The molecule has 0 fully saturated rings. The molecule has 6 rings (SSSR count). The van der Waals surface area contributed by atoms with Gasteiger partial charge in [0.05, 0.1) is 10.7 Å². The maximum absolute atomic E-state index is 13.2. The van der Waals surface area contributed by atoms with Gasteiger partial charge in [0.15, 0.2) is 10.9 Å². The molecule has 3 aromatic carbocycles. The van der Waals surface area contributed by atoms with Gasteiger partial charge in [0.1, 0.15) is 0 Å². The van der Waals surface area contributed by atoms with Crippen LogP contribution in [-0.2, 0) is 4.79 Å². The average molecular weight is 617 g/mol. The minimum absolute atomic E-state index is 0.0221. The molecule has 0 saturated heterocycles. The largest absolute Gasteiger partial charge is 0.349 e. The summed E-state index contributed by atoms with van der Waals surface area (Å²) in [6.07, 6.45) is 13.5. The van der Waals surface area contributed by atoms with Gasteiger partial charge >= 0.3 is 0 Å². The fraction of sp³-hybridized carbons (Fsp3) is 0.167. The predicted molar refractivity (Wildman–Crippen MR) is 181 cm³/mol. The van der Waals surface area contributed by atoms with Crippen molar-refractivity contribution in [1.29, 1.82) is 0 Å². The van der Waals surface area contributed by atoms with Gasteiger partial charge in [-0.25, -0.2) is 9.97 Å². The number of allylic oxidation sites excluding steroid dienone is 6. The first-order valence-electron chi connectivity index (χ1n) is 14.5. The van der Waals surface area contributed by atoms with E-state index in [9.17, 15) is 9.59 Å². The van der Waals surface area contributed by atoms with E-state index < -0.39 is 0 Å². The van der Waals surface area contributed by atoms with Crippen LogP contribution in [0.15, 0.2) is 141 Å². The van der Waals surface area contributed by atoms with E-state index in [0.717, 1.165) is 44.8 Å². The second-order valence-electron chi connectivity index (χ2n) is 10.7. The van der Waals surface area contributed by atoms with Gasteiger partial charge in [-0.15, -0.1) is 0 Å². The maximum Gasteiger partial charge on any atom is 0.223 e. The zero-order valence-electron chi connectivity index (χ0n) is 24.6. The Bertz CT molecular complexity index is 1840. The monoisotopic (exact) mass is 616 g/mol. The van der Waals surface area contributed by atoms with E-state index in [1.165, 1.54) is 22.2 Å². The van der Waals surface area contributed by atoms with Crippen LogP contribution >= 0.6 is 23.5 Å². The first-order valence-corrected chi connectivity index (χ1v) is 16.1. The quantitative estimate of drug-likeness (QED) is 0.107. The number of fused-ring (bicyclic) bond motifs is 2. The molecule has 6 nitrogen and oxygen atoms in total. The Morgan fingerprint density at radius 3 is 2.52 bits per heavy atom. The number of hydrogen-bond donors (Lipinski definition) is 0. The molecule has 2 heterocycles. The Balaban J connectivity index is 1.29. The summed E-state index contributed by atoms with van der Waals surface area (Å²) in [6, 6.07) is 24.0. The predicted octanol–water partition coefficient (Wildman–Crippen LogP) is 8.07. The molecular formula is C36H32N4O2S2. The zero-order chi connectivity index (χ0) is 30.5. The van der Waals surface area contributed by atoms with Crippen molar-refractivity contribution in [3.05, 3.63) is 136 Å². The Morgan fingerprint density at radius 2 is 1.70 bits per heavy atom. The second kappa shape index (κ2) is 13.5. The van der Waals surface area contributed by atoms with E-state index >= 15 is 0 Å². The van der Waals surface area contributed by atoms with Crippen molar-refractivity contribution in [1.82, 2.24) is 14.9 Å². The number of para-hydroxylation sites is 1. The minimum atomic E-state index is -0.0221. The highest BCUT2D eigenvalue weighted by molar-refractivity contribution is 8.03. The number of anilines is 1. The van der Waals surface area contributed by atoms with E-state index in [1.807, 2.05) is 66.7 Å². The van der Waals surface area contributed by atoms with Crippen molar-refractivity contribution in [3.8, 4) is 0 Å². The number of aromatic nitrogens is 2. The van der Waals surface area contributed by atoms with E-state index in [2.05, 4.69) is 39.2 Å². The third-order valence-corrected chi connectivity index (χ3v) is 9.82. The third kappa shape index (κ3) is 6.72. The molecule has 220 valence electrons. The normalized spacial score (nSPS) is 16.5. The summed E-state index contributed by atoms with van der Waals surface area (Å²) in [4.78, 5) is 40.6. The van der Waals surface area contributed by atoms with Gasteiger partial charge < -0.3 is 9.80 Å². The topological polar surface area (TPSA) is 66.4 Å². The van der Waals surface area contributed by atoms with Gasteiger partial charge in [-0.05, 0) is 82.9 Å². The molecule has 1 aliphatic carbocycles. The third-order valence-electron chi connectivity index (χ3n) is 7.56. The lowest BCUT2D eigenvalue weighted by Crippen LogP contribution is -2.28. The summed E-state index contributed by atoms with van der Waals surface area (Å²) >= 11 is 3.25. The summed E-state index contributed by atoms with van der Waals surface area (Å²) in [5.74, 6) is 0.0816. The van der Waals surface area contributed by atoms with Crippen LogP contribution in [0.3, 0.4) is 0 Å². The van der Waals surface area contributed by atoms with Crippen molar-refractivity contribution < 1.29 is 9.59 Å². The number of carbonyl (C=O) groups is 2. The molecule has 1 amide bonds. The molecule has 1 aromatic heterocycles. The van der Waals surface area contributed by atoms with Crippen LogP contribution in [0.1, 0.15) is 29.6 Å². The molecule has 0 unspecified atom stereocenters. The highest BCUT2D eigenvalue weighted by atomic mass is 32.2. The second-order valence-corrected chi connectivity index (χ2v) is 12.7. The number of rotatable bonds is 9. The van der Waals surface area contributed by atoms with E-state index in [1.54, 1.807) is 49.2 Å². The molecule has 0 spiro atoms. The maximum atomic E-state index is 13.2. The fourth-order valence-electron chi connectivity index (χ4n) is 5.21. The highest BCUT2D eigenvalue weighted by Crippen LogP contribution is 2.47. The van der Waals surface area contributed by atoms with Gasteiger partial charge in [-0.3, -0.25) is 9.59 Å². The first-order chi connectivity index (χ1) is 21.5. The summed E-state index contributed by atoms with van der Waals surface area (Å²) in [6.45, 7) is 0.607. The number of nitrogens with zero attached hydrogens (tertiary/aromatic N) is 4. The van der Waals surface area contributed by atoms with Crippen molar-refractivity contribution in [2.45, 2.75) is 29.3 Å². The fourth-order valence-corrected chi connectivity index (χ4v) is 7.31. The van der Waals surface area contributed by atoms with Crippen LogP contribution in [-0.4, -0.2) is 47.2 Å². The van der Waals surface area contributed by atoms with Crippen molar-refractivity contribution in [3.63, 3.8) is 0 Å². The molecule has 0 bridgehead atoms. The number of amides is 1. The van der Waals surface area contributed by atoms with E-state index in [-0.39, 0.29) is 11.7 Å². The van der Waals surface area contributed by atoms with Crippen LogP contribution in [0.4, 0.5) is 5.69 Å². The van der Waals surface area contributed by atoms with Crippen LogP contribution < -0.4 is 4.90 Å². The van der Waals surface area contributed by atoms with Crippen molar-refractivity contribution in [2.75, 3.05) is 25.5 Å². The molecular weight excluding hydrogens is 585 g/mol. The zero-order valence-corrected chi connectivity index (χ0v) is 26.3. The van der Waals surface area contributed by atoms with Gasteiger partial charge in [-0.1, -0.05) is 72.4 Å². The lowest BCUT2D eigenvalue weighted by Gasteiger charge is -2.21. The average Bonchev–Trinajstić information content (AvgIpc) is 3.61. The van der Waals surface area contributed by atoms with E-state index in [4.69, 9.17) is 0 Å². The van der Waals surface area contributed by atoms with Crippen molar-refractivity contribution in [2.24, 2.45) is 0 Å². The number of thioether (sulfide) groups is 2. The molecule has 8 heteroatoms. The van der Waals surface area contributed by atoms with Crippen LogP contribution in [0.5, 0.6) is 0 Å². The molecule has 0 N–H and O–H groups in total. The Morgan fingerprint density at radius 1 is 0.932 bits per heavy atom. The summed E-state index contributed by atoms with van der Waals surface area (Å²) in [5, 5.41) is 3.92. The number of hydrogen-bond acceptors (Lipinski definition) is 7. The van der Waals surface area contributed by atoms with Crippen LogP contribution in [0.2, 0.25) is 0 Å². The minimum Gasteiger partial charge on any atom is -0.349 e. The number of carbonyl (C=O) groups excluding carboxylic acids is 2. The number of ketones is 1. The first kappa shape index (κ1) is 29.7.